The third-order valence-electron chi connectivity index (χ3n) is 5.07. The topological polar surface area (TPSA) is 40.6 Å². The van der Waals surface area contributed by atoms with Gasteiger partial charge < -0.3 is 9.80 Å². The van der Waals surface area contributed by atoms with Gasteiger partial charge in [-0.25, -0.2) is 0 Å². The lowest BCUT2D eigenvalue weighted by molar-refractivity contribution is -0.137. The first-order valence-corrected chi connectivity index (χ1v) is 9.73. The molecule has 3 rings (SSSR count). The van der Waals surface area contributed by atoms with Gasteiger partial charge in [-0.3, -0.25) is 9.59 Å². The third-order valence-corrected chi connectivity index (χ3v) is 6.62. The zero-order chi connectivity index (χ0) is 17.3. The van der Waals surface area contributed by atoms with Gasteiger partial charge in [0.25, 0.3) is 5.91 Å². The Balaban J connectivity index is 1.67. The summed E-state index contributed by atoms with van der Waals surface area (Å²) in [5.41, 5.74) is 1.92. The van der Waals surface area contributed by atoms with E-state index in [1.54, 1.807) is 0 Å². The summed E-state index contributed by atoms with van der Waals surface area (Å²) in [6.07, 6.45) is 1.74. The fourth-order valence-corrected chi connectivity index (χ4v) is 5.05. The molecule has 24 heavy (non-hydrogen) atoms. The molecule has 0 aliphatic carbocycles. The van der Waals surface area contributed by atoms with Crippen LogP contribution in [0, 0.1) is 12.8 Å². The molecule has 4 nitrogen and oxygen atoms in total. The van der Waals surface area contributed by atoms with Crippen LogP contribution in [0.3, 0.4) is 0 Å². The average Bonchev–Trinajstić information content (AvgIpc) is 2.98. The number of benzene rings is 1. The zero-order valence-corrected chi connectivity index (χ0v) is 15.6. The normalized spacial score (nSPS) is 20.0. The maximum absolute atomic E-state index is 12.7. The molecule has 0 N–H and O–H groups in total. The number of carbonyl (C=O) groups is 2. The molecule has 0 atom stereocenters. The minimum atomic E-state index is -0.0919. The Kier molecular flexibility index (Phi) is 4.90. The molecule has 2 aliphatic heterocycles. The minimum absolute atomic E-state index is 0.0350. The molecule has 2 amide bonds. The van der Waals surface area contributed by atoms with Crippen LogP contribution in [-0.2, 0) is 4.79 Å². The molecule has 1 aromatic carbocycles. The molecular formula is C19H26N2O2S. The second-order valence-electron chi connectivity index (χ2n) is 7.10. The van der Waals surface area contributed by atoms with E-state index >= 15 is 0 Å². The lowest BCUT2D eigenvalue weighted by atomic mass is 9.99. The Labute approximate surface area is 148 Å². The van der Waals surface area contributed by atoms with Crippen LogP contribution in [0.25, 0.3) is 0 Å². The molecule has 0 radical (unpaired) electrons. The van der Waals surface area contributed by atoms with Crippen molar-refractivity contribution in [1.82, 2.24) is 9.80 Å². The third kappa shape index (κ3) is 3.18. The fraction of sp³-hybridized carbons (Fsp3) is 0.579. The fourth-order valence-electron chi connectivity index (χ4n) is 3.58. The second-order valence-corrected chi connectivity index (χ2v) is 8.55. The van der Waals surface area contributed by atoms with Crippen molar-refractivity contribution < 1.29 is 9.59 Å². The van der Waals surface area contributed by atoms with Crippen molar-refractivity contribution in [3.63, 3.8) is 0 Å². The van der Waals surface area contributed by atoms with Gasteiger partial charge in [-0.2, -0.15) is 0 Å². The van der Waals surface area contributed by atoms with Crippen LogP contribution in [-0.4, -0.2) is 51.9 Å². The average molecular weight is 346 g/mol. The highest BCUT2D eigenvalue weighted by molar-refractivity contribution is 8.00. The van der Waals surface area contributed by atoms with Crippen LogP contribution in [0.1, 0.15) is 42.6 Å². The Bertz CT molecular complexity index is 619. The molecule has 2 saturated heterocycles. The van der Waals surface area contributed by atoms with Gasteiger partial charge in [0, 0.05) is 36.9 Å². The first-order chi connectivity index (χ1) is 11.4. The lowest BCUT2D eigenvalue weighted by Crippen LogP contribution is -2.54. The van der Waals surface area contributed by atoms with E-state index in [4.69, 9.17) is 0 Å². The summed E-state index contributed by atoms with van der Waals surface area (Å²) in [6.45, 7) is 8.25. The Morgan fingerprint density at radius 2 is 1.71 bits per heavy atom. The molecule has 2 aliphatic rings. The van der Waals surface area contributed by atoms with Crippen molar-refractivity contribution in [2.75, 3.05) is 25.4 Å². The summed E-state index contributed by atoms with van der Waals surface area (Å²) >= 11 is 1.90. The van der Waals surface area contributed by atoms with Gasteiger partial charge in [0.2, 0.25) is 5.91 Å². The van der Waals surface area contributed by atoms with Crippen molar-refractivity contribution in [1.29, 1.82) is 0 Å². The number of thioether (sulfide) groups is 1. The number of hydrogen-bond donors (Lipinski definition) is 0. The van der Waals surface area contributed by atoms with E-state index < -0.39 is 0 Å². The molecular weight excluding hydrogens is 320 g/mol. The Hall–Kier alpha value is -1.49. The van der Waals surface area contributed by atoms with Gasteiger partial charge in [-0.15, -0.1) is 11.8 Å². The predicted octanol–water partition coefficient (Wildman–Crippen LogP) is 3.16. The first kappa shape index (κ1) is 17.3. The van der Waals surface area contributed by atoms with Crippen LogP contribution in [0.2, 0.25) is 0 Å². The molecule has 2 fully saturated rings. The van der Waals surface area contributed by atoms with Crippen LogP contribution >= 0.6 is 11.8 Å². The predicted molar refractivity (Wildman–Crippen MR) is 98.1 cm³/mol. The van der Waals surface area contributed by atoms with Gasteiger partial charge >= 0.3 is 0 Å². The number of likely N-dealkylation sites (tertiary alicyclic amines) is 1. The van der Waals surface area contributed by atoms with E-state index in [1.807, 2.05) is 61.7 Å². The maximum Gasteiger partial charge on any atom is 0.253 e. The smallest absolute Gasteiger partial charge is 0.253 e. The van der Waals surface area contributed by atoms with Crippen molar-refractivity contribution in [2.24, 2.45) is 5.92 Å². The van der Waals surface area contributed by atoms with Crippen LogP contribution < -0.4 is 0 Å². The summed E-state index contributed by atoms with van der Waals surface area (Å²) < 4.78 is 0. The van der Waals surface area contributed by atoms with E-state index in [9.17, 15) is 9.59 Å². The minimum Gasteiger partial charge on any atom is -0.338 e. The van der Waals surface area contributed by atoms with E-state index in [1.165, 1.54) is 0 Å². The highest BCUT2D eigenvalue weighted by Crippen LogP contribution is 2.44. The number of piperidine rings is 1. The summed E-state index contributed by atoms with van der Waals surface area (Å²) in [5, 5.41) is 0. The maximum atomic E-state index is 12.7. The molecule has 0 saturated carbocycles. The Morgan fingerprint density at radius 3 is 2.29 bits per heavy atom. The van der Waals surface area contributed by atoms with Crippen molar-refractivity contribution in [2.45, 2.75) is 38.5 Å². The number of hydrogen-bond acceptors (Lipinski definition) is 3. The van der Waals surface area contributed by atoms with Gasteiger partial charge in [0.1, 0.15) is 0 Å². The van der Waals surface area contributed by atoms with Crippen LogP contribution in [0.4, 0.5) is 0 Å². The molecule has 130 valence electrons. The van der Waals surface area contributed by atoms with Crippen molar-refractivity contribution in [3.05, 3.63) is 35.4 Å². The molecule has 0 bridgehead atoms. The zero-order valence-electron chi connectivity index (χ0n) is 14.7. The number of nitrogens with zero attached hydrogens (tertiary/aromatic N) is 2. The molecule has 1 aromatic rings. The highest BCUT2D eigenvalue weighted by Gasteiger charge is 2.47. The lowest BCUT2D eigenvalue weighted by Gasteiger charge is -2.44. The molecule has 2 heterocycles. The van der Waals surface area contributed by atoms with Crippen molar-refractivity contribution in [3.8, 4) is 0 Å². The molecule has 0 aromatic heterocycles. The summed E-state index contributed by atoms with van der Waals surface area (Å²) in [5.74, 6) is 1.39. The highest BCUT2D eigenvalue weighted by atomic mass is 32.2. The van der Waals surface area contributed by atoms with E-state index in [-0.39, 0.29) is 22.6 Å². The monoisotopic (exact) mass is 346 g/mol. The van der Waals surface area contributed by atoms with E-state index in [2.05, 4.69) is 4.90 Å². The summed E-state index contributed by atoms with van der Waals surface area (Å²) in [7, 11) is 0. The SMILES string of the molecule is Cc1ccc(C(=O)N2CCC3(CC2)SCCN3C(=O)C(C)C)cc1. The standard InChI is InChI=1S/C19H26N2O2S/c1-14(2)17(22)21-12-13-24-19(21)8-10-20(11-9-19)18(23)16-6-4-15(3)5-7-16/h4-7,14H,8-13H2,1-3H3. The van der Waals surface area contributed by atoms with Crippen molar-refractivity contribution >= 4 is 23.6 Å². The van der Waals surface area contributed by atoms with Crippen LogP contribution in [0.5, 0.6) is 0 Å². The quantitative estimate of drug-likeness (QED) is 0.826. The molecule has 1 spiro atoms. The number of amides is 2. The number of rotatable bonds is 2. The Morgan fingerprint density at radius 1 is 1.08 bits per heavy atom. The van der Waals surface area contributed by atoms with Gasteiger partial charge in [-0.05, 0) is 31.9 Å². The first-order valence-electron chi connectivity index (χ1n) is 8.74. The van der Waals surface area contributed by atoms with E-state index in [0.29, 0.717) is 0 Å². The van der Waals surface area contributed by atoms with E-state index in [0.717, 1.165) is 49.4 Å². The summed E-state index contributed by atoms with van der Waals surface area (Å²) in [4.78, 5) is 29.1. The summed E-state index contributed by atoms with van der Waals surface area (Å²) in [6, 6.07) is 7.77. The van der Waals surface area contributed by atoms with Crippen LogP contribution in [0.15, 0.2) is 24.3 Å². The van der Waals surface area contributed by atoms with Gasteiger partial charge in [-0.1, -0.05) is 31.5 Å². The second kappa shape index (κ2) is 6.79. The largest absolute Gasteiger partial charge is 0.338 e. The number of aryl methyl sites for hydroxylation is 1. The number of carbonyl (C=O) groups excluding carboxylic acids is 2. The van der Waals surface area contributed by atoms with Gasteiger partial charge in [0.05, 0.1) is 4.87 Å². The van der Waals surface area contributed by atoms with Gasteiger partial charge in [0.15, 0.2) is 0 Å². The molecule has 5 heteroatoms. The molecule has 0 unspecified atom stereocenters.